The second-order valence-corrected chi connectivity index (χ2v) is 8.22. The zero-order chi connectivity index (χ0) is 22.5. The van der Waals surface area contributed by atoms with Crippen LogP contribution in [0.2, 0.25) is 0 Å². The number of pyridine rings is 1. The van der Waals surface area contributed by atoms with E-state index in [-0.39, 0.29) is 0 Å². The largest absolute Gasteiger partial charge is 0.313 e. The van der Waals surface area contributed by atoms with E-state index < -0.39 is 0 Å². The first-order valence-corrected chi connectivity index (χ1v) is 11.2. The second kappa shape index (κ2) is 7.39. The third-order valence-corrected chi connectivity index (χ3v) is 6.32. The van der Waals surface area contributed by atoms with Crippen LogP contribution in [0.3, 0.4) is 0 Å². The van der Waals surface area contributed by atoms with Gasteiger partial charge in [-0.3, -0.25) is 4.98 Å². The Labute approximate surface area is 195 Å². The first-order chi connectivity index (χ1) is 16.9. The van der Waals surface area contributed by atoms with Gasteiger partial charge in [-0.05, 0) is 36.4 Å². The van der Waals surface area contributed by atoms with Crippen molar-refractivity contribution in [1.29, 1.82) is 0 Å². The van der Waals surface area contributed by atoms with Gasteiger partial charge in [-0.25, -0.2) is 9.97 Å². The fraction of sp³-hybridized carbons (Fsp3) is 0. The summed E-state index contributed by atoms with van der Waals surface area (Å²) >= 11 is 0. The van der Waals surface area contributed by atoms with Gasteiger partial charge in [0.2, 0.25) is 0 Å². The van der Waals surface area contributed by atoms with Crippen molar-refractivity contribution in [3.05, 3.63) is 116 Å². The van der Waals surface area contributed by atoms with Crippen LogP contribution >= 0.6 is 0 Å². The van der Waals surface area contributed by atoms with Gasteiger partial charge in [0.1, 0.15) is 5.52 Å². The minimum absolute atomic E-state index is 0.661. The molecule has 3 aromatic carbocycles. The third kappa shape index (κ3) is 2.70. The van der Waals surface area contributed by atoms with Crippen LogP contribution in [-0.4, -0.2) is 24.1 Å². The summed E-state index contributed by atoms with van der Waals surface area (Å²) in [6, 6.07) is 31.4. The molecule has 4 aromatic heterocycles. The molecular formula is C29H19N5. The zero-order valence-electron chi connectivity index (χ0n) is 18.2. The highest BCUT2D eigenvalue weighted by molar-refractivity contribution is 6.10. The van der Waals surface area contributed by atoms with Crippen molar-refractivity contribution < 1.29 is 0 Å². The fourth-order valence-electron chi connectivity index (χ4n) is 4.89. The van der Waals surface area contributed by atoms with Crippen molar-refractivity contribution in [3.63, 3.8) is 0 Å². The molecule has 4 heterocycles. The normalized spacial score (nSPS) is 11.5. The number of nitrogens with zero attached hydrogens (tertiary/aromatic N) is 5. The Morgan fingerprint density at radius 1 is 0.559 bits per heavy atom. The highest BCUT2D eigenvalue weighted by Gasteiger charge is 2.20. The SMILES string of the molecule is c1ccc(-n2cc(-c3ncccn3)c3nccc(-n4c5ccccc5c5ccccc54)c32)cc1. The van der Waals surface area contributed by atoms with Crippen molar-refractivity contribution in [3.8, 4) is 22.8 Å². The lowest BCUT2D eigenvalue weighted by Gasteiger charge is -2.13. The van der Waals surface area contributed by atoms with Crippen LogP contribution in [-0.2, 0) is 0 Å². The van der Waals surface area contributed by atoms with Crippen LogP contribution in [0.1, 0.15) is 0 Å². The predicted octanol–water partition coefficient (Wildman–Crippen LogP) is 6.58. The summed E-state index contributed by atoms with van der Waals surface area (Å²) in [6.45, 7) is 0. The van der Waals surface area contributed by atoms with Crippen molar-refractivity contribution in [1.82, 2.24) is 24.1 Å². The van der Waals surface area contributed by atoms with Crippen LogP contribution < -0.4 is 0 Å². The molecule has 0 aliphatic carbocycles. The molecule has 160 valence electrons. The summed E-state index contributed by atoms with van der Waals surface area (Å²) < 4.78 is 4.54. The Morgan fingerprint density at radius 2 is 1.21 bits per heavy atom. The predicted molar refractivity (Wildman–Crippen MR) is 136 cm³/mol. The minimum atomic E-state index is 0.661. The molecule has 0 atom stereocenters. The zero-order valence-corrected chi connectivity index (χ0v) is 18.2. The molecule has 0 spiro atoms. The average molecular weight is 438 g/mol. The second-order valence-electron chi connectivity index (χ2n) is 8.22. The van der Waals surface area contributed by atoms with E-state index in [1.165, 1.54) is 10.8 Å². The lowest BCUT2D eigenvalue weighted by Crippen LogP contribution is -2.00. The molecule has 0 N–H and O–H groups in total. The molecule has 0 amide bonds. The Hall–Kier alpha value is -4.77. The maximum absolute atomic E-state index is 4.82. The van der Waals surface area contributed by atoms with E-state index in [0.29, 0.717) is 5.82 Å². The van der Waals surface area contributed by atoms with Crippen LogP contribution in [0, 0.1) is 0 Å². The van der Waals surface area contributed by atoms with Gasteiger partial charge < -0.3 is 9.13 Å². The molecule has 34 heavy (non-hydrogen) atoms. The summed E-state index contributed by atoms with van der Waals surface area (Å²) in [4.78, 5) is 13.9. The Balaban J connectivity index is 1.65. The first-order valence-electron chi connectivity index (χ1n) is 11.2. The van der Waals surface area contributed by atoms with Gasteiger partial charge in [-0.1, -0.05) is 54.6 Å². The number of aromatic nitrogens is 5. The van der Waals surface area contributed by atoms with Crippen LogP contribution in [0.15, 0.2) is 116 Å². The summed E-state index contributed by atoms with van der Waals surface area (Å²) in [5, 5.41) is 2.46. The summed E-state index contributed by atoms with van der Waals surface area (Å²) in [7, 11) is 0. The molecule has 5 heteroatoms. The summed E-state index contributed by atoms with van der Waals surface area (Å²) in [6.07, 6.45) is 7.51. The fourth-order valence-corrected chi connectivity index (χ4v) is 4.89. The molecule has 0 aliphatic rings. The van der Waals surface area contributed by atoms with E-state index in [0.717, 1.165) is 39.0 Å². The number of benzene rings is 3. The van der Waals surface area contributed by atoms with Gasteiger partial charge in [0, 0.05) is 41.2 Å². The molecule has 0 fully saturated rings. The summed E-state index contributed by atoms with van der Waals surface area (Å²) in [5.74, 6) is 0.661. The highest BCUT2D eigenvalue weighted by Crippen LogP contribution is 2.37. The van der Waals surface area contributed by atoms with Gasteiger partial charge >= 0.3 is 0 Å². The lowest BCUT2D eigenvalue weighted by molar-refractivity contribution is 1.09. The van der Waals surface area contributed by atoms with Gasteiger partial charge in [0.05, 0.1) is 27.8 Å². The van der Waals surface area contributed by atoms with E-state index in [1.54, 1.807) is 12.4 Å². The Bertz CT molecular complexity index is 1740. The maximum atomic E-state index is 4.82. The van der Waals surface area contributed by atoms with Crippen molar-refractivity contribution in [2.24, 2.45) is 0 Å². The molecule has 0 bridgehead atoms. The molecule has 0 unspecified atom stereocenters. The molecule has 7 rings (SSSR count). The standard InChI is InChI=1S/C29H19N5/c1-2-9-20(10-3-1)33-19-23(29-31-16-8-17-32-29)27-28(33)26(15-18-30-27)34-24-13-6-4-11-21(24)22-12-5-7-14-25(22)34/h1-19H. The van der Waals surface area contributed by atoms with E-state index >= 15 is 0 Å². The van der Waals surface area contributed by atoms with Crippen molar-refractivity contribution in [2.75, 3.05) is 0 Å². The van der Waals surface area contributed by atoms with Crippen molar-refractivity contribution in [2.45, 2.75) is 0 Å². The molecule has 7 aromatic rings. The Kier molecular flexibility index (Phi) is 4.08. The summed E-state index contributed by atoms with van der Waals surface area (Å²) in [5.41, 5.74) is 7.24. The molecule has 0 saturated heterocycles. The molecule has 0 radical (unpaired) electrons. The number of hydrogen-bond acceptors (Lipinski definition) is 3. The quantitative estimate of drug-likeness (QED) is 0.314. The van der Waals surface area contributed by atoms with Gasteiger partial charge in [-0.2, -0.15) is 0 Å². The maximum Gasteiger partial charge on any atom is 0.162 e. The van der Waals surface area contributed by atoms with E-state index in [2.05, 4.69) is 104 Å². The number of hydrogen-bond donors (Lipinski definition) is 0. The number of fused-ring (bicyclic) bond motifs is 4. The topological polar surface area (TPSA) is 48.5 Å². The van der Waals surface area contributed by atoms with Gasteiger partial charge in [0.25, 0.3) is 0 Å². The smallest absolute Gasteiger partial charge is 0.162 e. The number of rotatable bonds is 3. The van der Waals surface area contributed by atoms with Crippen molar-refractivity contribution >= 4 is 32.8 Å². The number of para-hydroxylation sites is 3. The average Bonchev–Trinajstić information content (AvgIpc) is 3.46. The van der Waals surface area contributed by atoms with Gasteiger partial charge in [-0.15, -0.1) is 0 Å². The third-order valence-electron chi connectivity index (χ3n) is 6.32. The lowest BCUT2D eigenvalue weighted by atomic mass is 10.2. The van der Waals surface area contributed by atoms with Crippen LogP contribution in [0.4, 0.5) is 0 Å². The van der Waals surface area contributed by atoms with Crippen LogP contribution in [0.25, 0.3) is 55.6 Å². The first kappa shape index (κ1) is 18.8. The van der Waals surface area contributed by atoms with Gasteiger partial charge in [0.15, 0.2) is 5.82 Å². The van der Waals surface area contributed by atoms with E-state index in [1.807, 2.05) is 18.3 Å². The minimum Gasteiger partial charge on any atom is -0.313 e. The monoisotopic (exact) mass is 437 g/mol. The Morgan fingerprint density at radius 3 is 1.91 bits per heavy atom. The molecule has 0 aliphatic heterocycles. The van der Waals surface area contributed by atoms with Crippen LogP contribution in [0.5, 0.6) is 0 Å². The molecule has 0 saturated carbocycles. The van der Waals surface area contributed by atoms with E-state index in [4.69, 9.17) is 4.98 Å². The highest BCUT2D eigenvalue weighted by atomic mass is 15.1. The van der Waals surface area contributed by atoms with E-state index in [9.17, 15) is 0 Å². The molecular weight excluding hydrogens is 418 g/mol. The molecule has 5 nitrogen and oxygen atoms in total.